The maximum Gasteiger partial charge on any atom is 0.186 e. The van der Waals surface area contributed by atoms with Gasteiger partial charge in [-0.15, -0.1) is 0 Å². The number of aryl methyl sites for hydroxylation is 1. The molecule has 0 spiro atoms. The minimum Gasteiger partial charge on any atom is -0.360 e. The van der Waals surface area contributed by atoms with E-state index in [0.717, 1.165) is 45.6 Å². The van der Waals surface area contributed by atoms with E-state index < -0.39 is 6.04 Å². The molecule has 2 N–H and O–H groups in total. The molecule has 2 aromatic heterocycles. The number of hydrogen-bond acceptors (Lipinski definition) is 3. The second-order valence-corrected chi connectivity index (χ2v) is 9.02. The number of Topliss-reactive ketones (excluding diaryl/α,β-unsaturated/α-hetero) is 1. The van der Waals surface area contributed by atoms with Crippen molar-refractivity contribution in [2.75, 3.05) is 6.54 Å². The fourth-order valence-corrected chi connectivity index (χ4v) is 4.50. The molecule has 0 saturated carbocycles. The van der Waals surface area contributed by atoms with E-state index in [-0.39, 0.29) is 5.78 Å². The second kappa shape index (κ2) is 10.3. The predicted molar refractivity (Wildman–Crippen MR) is 142 cm³/mol. The van der Waals surface area contributed by atoms with Crippen LogP contribution in [0.2, 0.25) is 5.02 Å². The average Bonchev–Trinajstić information content (AvgIpc) is 3.55. The average molecular weight is 483 g/mol. The first-order valence-electron chi connectivity index (χ1n) is 11.8. The van der Waals surface area contributed by atoms with E-state index in [2.05, 4.69) is 34.5 Å². The highest BCUT2D eigenvalue weighted by molar-refractivity contribution is 6.30. The topological polar surface area (TPSA) is 62.7 Å². The smallest absolute Gasteiger partial charge is 0.186 e. The van der Waals surface area contributed by atoms with Crippen LogP contribution in [0, 0.1) is 0 Å². The lowest BCUT2D eigenvalue weighted by molar-refractivity contribution is 0.0945. The molecule has 0 aliphatic rings. The third-order valence-corrected chi connectivity index (χ3v) is 6.56. The number of benzene rings is 3. The summed E-state index contributed by atoms with van der Waals surface area (Å²) in [7, 11) is 0. The number of carbonyl (C=O) groups is 1. The third-order valence-electron chi connectivity index (χ3n) is 6.31. The van der Waals surface area contributed by atoms with Crippen molar-refractivity contribution in [2.24, 2.45) is 0 Å². The van der Waals surface area contributed by atoms with E-state index in [4.69, 9.17) is 11.6 Å². The Hall–Kier alpha value is -3.67. The molecule has 0 unspecified atom stereocenters. The van der Waals surface area contributed by atoms with Gasteiger partial charge in [0, 0.05) is 52.5 Å². The molecular weight excluding hydrogens is 456 g/mol. The van der Waals surface area contributed by atoms with Crippen LogP contribution in [0.3, 0.4) is 0 Å². The van der Waals surface area contributed by atoms with Crippen molar-refractivity contribution in [1.29, 1.82) is 0 Å². The summed E-state index contributed by atoms with van der Waals surface area (Å²) in [5, 5.41) is 9.51. The summed E-state index contributed by atoms with van der Waals surface area (Å²) < 4.78 is 1.91. The normalized spacial score (nSPS) is 12.2. The van der Waals surface area contributed by atoms with Crippen LogP contribution in [-0.4, -0.2) is 27.1 Å². The summed E-state index contributed by atoms with van der Waals surface area (Å²) in [6, 6.07) is 23.4. The van der Waals surface area contributed by atoms with Gasteiger partial charge in [-0.05, 0) is 48.2 Å². The molecule has 0 amide bonds. The molecule has 1 atom stereocenters. The van der Waals surface area contributed by atoms with E-state index in [1.807, 2.05) is 83.9 Å². The van der Waals surface area contributed by atoms with Gasteiger partial charge in [0.05, 0.1) is 12.2 Å². The third kappa shape index (κ3) is 5.06. The first-order valence-corrected chi connectivity index (χ1v) is 12.2. The summed E-state index contributed by atoms with van der Waals surface area (Å²) in [5.41, 5.74) is 5.87. The zero-order valence-electron chi connectivity index (χ0n) is 19.5. The second-order valence-electron chi connectivity index (χ2n) is 8.59. The minimum absolute atomic E-state index is 0.0464. The van der Waals surface area contributed by atoms with Crippen LogP contribution in [0.1, 0.15) is 34.5 Å². The van der Waals surface area contributed by atoms with Crippen molar-refractivity contribution >= 4 is 28.3 Å². The zero-order valence-corrected chi connectivity index (χ0v) is 20.3. The van der Waals surface area contributed by atoms with Crippen LogP contribution in [0.25, 0.3) is 22.0 Å². The molecule has 2 heterocycles. The summed E-state index contributed by atoms with van der Waals surface area (Å²) >= 11 is 6.01. The van der Waals surface area contributed by atoms with E-state index in [1.165, 1.54) is 5.56 Å². The number of nitrogens with one attached hydrogen (secondary N) is 2. The number of fused-ring (bicyclic) bond motifs is 1. The lowest BCUT2D eigenvalue weighted by atomic mass is 9.96. The van der Waals surface area contributed by atoms with Gasteiger partial charge in [0.25, 0.3) is 0 Å². The molecule has 0 bridgehead atoms. The number of hydrogen-bond donors (Lipinski definition) is 2. The van der Waals surface area contributed by atoms with Crippen molar-refractivity contribution in [3.8, 4) is 11.1 Å². The van der Waals surface area contributed by atoms with Gasteiger partial charge in [-0.25, -0.2) is 0 Å². The largest absolute Gasteiger partial charge is 0.360 e. The van der Waals surface area contributed by atoms with Gasteiger partial charge in [-0.3, -0.25) is 9.48 Å². The Balaban J connectivity index is 1.40. The molecule has 5 nitrogen and oxygen atoms in total. The van der Waals surface area contributed by atoms with Crippen LogP contribution in [0.15, 0.2) is 91.4 Å². The number of ketones is 1. The highest BCUT2D eigenvalue weighted by Gasteiger charge is 2.24. The van der Waals surface area contributed by atoms with E-state index in [9.17, 15) is 4.79 Å². The molecule has 0 radical (unpaired) electrons. The maximum atomic E-state index is 13.8. The molecule has 6 heteroatoms. The SMILES string of the molecule is CCn1cc(-c2ccc3c(C(=O)[C@H](NCCc4ccc(Cl)cc4)c4ccccc4)c[nH]c3c2)cn1. The number of carbonyl (C=O) groups excluding carboxylic acids is 1. The summed E-state index contributed by atoms with van der Waals surface area (Å²) in [5.74, 6) is 0.0464. The molecule has 0 fully saturated rings. The Labute approximate surface area is 209 Å². The quantitative estimate of drug-likeness (QED) is 0.237. The molecule has 176 valence electrons. The first kappa shape index (κ1) is 23.1. The van der Waals surface area contributed by atoms with E-state index in [0.29, 0.717) is 12.1 Å². The van der Waals surface area contributed by atoms with Crippen molar-refractivity contribution in [3.63, 3.8) is 0 Å². The number of nitrogens with zero attached hydrogens (tertiary/aromatic N) is 2. The lowest BCUT2D eigenvalue weighted by Gasteiger charge is -2.18. The number of H-pyrrole nitrogens is 1. The summed E-state index contributed by atoms with van der Waals surface area (Å²) in [4.78, 5) is 17.1. The fraction of sp³-hybridized carbons (Fsp3) is 0.172. The number of halogens is 1. The van der Waals surface area contributed by atoms with Gasteiger partial charge in [0.1, 0.15) is 0 Å². The lowest BCUT2D eigenvalue weighted by Crippen LogP contribution is -2.30. The van der Waals surface area contributed by atoms with Gasteiger partial charge in [-0.2, -0.15) is 5.10 Å². The molecule has 0 saturated heterocycles. The zero-order chi connectivity index (χ0) is 24.2. The molecule has 0 aliphatic carbocycles. The minimum atomic E-state index is -0.440. The van der Waals surface area contributed by atoms with Crippen molar-refractivity contribution in [1.82, 2.24) is 20.1 Å². The fourth-order valence-electron chi connectivity index (χ4n) is 4.37. The molecule has 3 aromatic carbocycles. The Morgan fingerprint density at radius 2 is 1.86 bits per heavy atom. The monoisotopic (exact) mass is 482 g/mol. The highest BCUT2D eigenvalue weighted by Crippen LogP contribution is 2.29. The Morgan fingerprint density at radius 1 is 1.06 bits per heavy atom. The van der Waals surface area contributed by atoms with Crippen LogP contribution in [0.4, 0.5) is 0 Å². The highest BCUT2D eigenvalue weighted by atomic mass is 35.5. The molecular formula is C29H27ClN4O. The van der Waals surface area contributed by atoms with Crippen LogP contribution >= 0.6 is 11.6 Å². The van der Waals surface area contributed by atoms with Crippen LogP contribution in [-0.2, 0) is 13.0 Å². The predicted octanol–water partition coefficient (Wildman–Crippen LogP) is 6.46. The number of rotatable bonds is 9. The van der Waals surface area contributed by atoms with Gasteiger partial charge < -0.3 is 10.3 Å². The van der Waals surface area contributed by atoms with Gasteiger partial charge in [0.15, 0.2) is 5.78 Å². The molecule has 35 heavy (non-hydrogen) atoms. The molecule has 5 aromatic rings. The van der Waals surface area contributed by atoms with Crippen molar-refractivity contribution in [2.45, 2.75) is 25.9 Å². The van der Waals surface area contributed by atoms with Gasteiger partial charge >= 0.3 is 0 Å². The number of aromatic amines is 1. The maximum absolute atomic E-state index is 13.8. The molecule has 5 rings (SSSR count). The number of aromatic nitrogens is 3. The Bertz CT molecular complexity index is 1440. The van der Waals surface area contributed by atoms with E-state index >= 15 is 0 Å². The summed E-state index contributed by atoms with van der Waals surface area (Å²) in [6.45, 7) is 3.56. The van der Waals surface area contributed by atoms with Crippen molar-refractivity contribution in [3.05, 3.63) is 113 Å². The van der Waals surface area contributed by atoms with Crippen LogP contribution < -0.4 is 5.32 Å². The molecule has 0 aliphatic heterocycles. The Kier molecular flexibility index (Phi) is 6.80. The van der Waals surface area contributed by atoms with Gasteiger partial charge in [0.2, 0.25) is 0 Å². The summed E-state index contributed by atoms with van der Waals surface area (Å²) in [6.07, 6.45) is 6.53. The van der Waals surface area contributed by atoms with Crippen LogP contribution in [0.5, 0.6) is 0 Å². The van der Waals surface area contributed by atoms with Gasteiger partial charge in [-0.1, -0.05) is 66.2 Å². The standard InChI is InChI=1S/C29H27ClN4O/c1-2-34-19-23(17-33-34)22-10-13-25-26(18-32-27(25)16-22)29(35)28(21-6-4-3-5-7-21)31-15-14-20-8-11-24(30)12-9-20/h3-13,16-19,28,31-32H,2,14-15H2,1H3/t28-/m1/s1. The van der Waals surface area contributed by atoms with Crippen molar-refractivity contribution < 1.29 is 4.79 Å². The first-order chi connectivity index (χ1) is 17.1. The Morgan fingerprint density at radius 3 is 2.60 bits per heavy atom. The van der Waals surface area contributed by atoms with E-state index in [1.54, 1.807) is 0 Å².